The highest BCUT2D eigenvalue weighted by atomic mass is 16.3. The molecular weight excluding hydrogens is 502 g/mol. The van der Waals surface area contributed by atoms with Crippen LogP contribution in [0.25, 0.3) is 17.2 Å². The molecule has 0 aromatic heterocycles. The van der Waals surface area contributed by atoms with E-state index in [2.05, 4.69) is 23.2 Å². The lowest BCUT2D eigenvalue weighted by molar-refractivity contribution is -0.127. The van der Waals surface area contributed by atoms with Gasteiger partial charge in [0.1, 0.15) is 5.84 Å². The molecule has 8 nitrogen and oxygen atoms in total. The van der Waals surface area contributed by atoms with Crippen molar-refractivity contribution in [3.63, 3.8) is 0 Å². The molecule has 0 saturated carbocycles. The van der Waals surface area contributed by atoms with Gasteiger partial charge in [0, 0.05) is 69.0 Å². The first kappa shape index (κ1) is 29.5. The molecule has 40 heavy (non-hydrogen) atoms. The number of amides is 2. The topological polar surface area (TPSA) is 88.5 Å². The summed E-state index contributed by atoms with van der Waals surface area (Å²) in [5.74, 6) is 0.859. The molecule has 2 heterocycles. The van der Waals surface area contributed by atoms with E-state index in [1.54, 1.807) is 0 Å². The van der Waals surface area contributed by atoms with Crippen molar-refractivity contribution in [2.24, 2.45) is 4.99 Å². The summed E-state index contributed by atoms with van der Waals surface area (Å²) in [6.45, 7) is 6.54. The smallest absolute Gasteiger partial charge is 0.253 e. The zero-order chi connectivity index (χ0) is 28.5. The number of amidine groups is 1. The first-order valence-electron chi connectivity index (χ1n) is 14.5. The molecule has 2 N–H and O–H groups in total. The third-order valence-corrected chi connectivity index (χ3v) is 7.36. The minimum atomic E-state index is -0.00686. The van der Waals surface area contributed by atoms with Crippen molar-refractivity contribution >= 4 is 29.4 Å². The highest BCUT2D eigenvalue weighted by molar-refractivity contribution is 6.06. The fourth-order valence-electron chi connectivity index (χ4n) is 5.17. The number of nitrogens with one attached hydrogen (secondary N) is 1. The summed E-state index contributed by atoms with van der Waals surface area (Å²) in [4.78, 5) is 37.2. The number of aliphatic hydroxyl groups excluding tert-OH is 1. The third-order valence-electron chi connectivity index (χ3n) is 7.36. The highest BCUT2D eigenvalue weighted by Crippen LogP contribution is 2.32. The molecule has 0 aliphatic carbocycles. The average molecular weight is 546 g/mol. The van der Waals surface area contributed by atoms with Crippen LogP contribution in [0.15, 0.2) is 53.0 Å². The maximum Gasteiger partial charge on any atom is 0.253 e. The number of aliphatic hydroxyl groups is 1. The van der Waals surface area contributed by atoms with Gasteiger partial charge in [-0.3, -0.25) is 9.59 Å². The van der Waals surface area contributed by atoms with Crippen LogP contribution in [0, 0.1) is 0 Å². The van der Waals surface area contributed by atoms with Gasteiger partial charge in [-0.15, -0.1) is 0 Å². The second-order valence-corrected chi connectivity index (χ2v) is 10.9. The van der Waals surface area contributed by atoms with Crippen LogP contribution in [0.2, 0.25) is 0 Å². The Labute approximate surface area is 238 Å². The number of hydrogen-bond acceptors (Lipinski definition) is 6. The fraction of sp³-hybridized carbons (Fsp3) is 0.469. The highest BCUT2D eigenvalue weighted by Gasteiger charge is 2.23. The molecule has 214 valence electrons. The van der Waals surface area contributed by atoms with Gasteiger partial charge in [-0.2, -0.15) is 0 Å². The molecule has 2 aromatic carbocycles. The number of fused-ring (bicyclic) bond motifs is 1. The van der Waals surface area contributed by atoms with Crippen LogP contribution in [-0.4, -0.2) is 97.4 Å². The largest absolute Gasteiger partial charge is 0.396 e. The van der Waals surface area contributed by atoms with Gasteiger partial charge < -0.3 is 25.1 Å². The van der Waals surface area contributed by atoms with Crippen molar-refractivity contribution < 1.29 is 14.7 Å². The Morgan fingerprint density at radius 1 is 1.00 bits per heavy atom. The summed E-state index contributed by atoms with van der Waals surface area (Å²) in [7, 11) is 4.06. The first-order valence-corrected chi connectivity index (χ1v) is 14.5. The van der Waals surface area contributed by atoms with E-state index in [1.807, 2.05) is 66.4 Å². The number of carbonyl (C=O) groups is 2. The van der Waals surface area contributed by atoms with Crippen molar-refractivity contribution in [3.8, 4) is 11.1 Å². The normalized spacial score (nSPS) is 14.9. The Hall–Kier alpha value is -3.49. The lowest BCUT2D eigenvalue weighted by Gasteiger charge is -2.23. The number of nitrogens with zero attached hydrogens (tertiary/aromatic N) is 4. The molecule has 0 unspecified atom stereocenters. The zero-order valence-corrected chi connectivity index (χ0v) is 24.2. The van der Waals surface area contributed by atoms with Gasteiger partial charge in [0.25, 0.3) is 5.91 Å². The van der Waals surface area contributed by atoms with Crippen molar-refractivity contribution in [1.82, 2.24) is 20.0 Å². The van der Waals surface area contributed by atoms with Gasteiger partial charge >= 0.3 is 0 Å². The molecule has 8 heteroatoms. The summed E-state index contributed by atoms with van der Waals surface area (Å²) >= 11 is 0. The van der Waals surface area contributed by atoms with Crippen molar-refractivity contribution in [2.75, 3.05) is 60.0 Å². The molecule has 0 radical (unpaired) electrons. The van der Waals surface area contributed by atoms with E-state index >= 15 is 0 Å². The molecule has 1 saturated heterocycles. The van der Waals surface area contributed by atoms with Crippen molar-refractivity contribution in [3.05, 3.63) is 59.2 Å². The van der Waals surface area contributed by atoms with Gasteiger partial charge in [-0.05, 0) is 75.2 Å². The lowest BCUT2D eigenvalue weighted by Crippen LogP contribution is -2.36. The summed E-state index contributed by atoms with van der Waals surface area (Å²) in [5, 5.41) is 12.8. The van der Waals surface area contributed by atoms with Gasteiger partial charge in [0.2, 0.25) is 5.91 Å². The first-order chi connectivity index (χ1) is 19.4. The maximum atomic E-state index is 13.6. The molecule has 0 spiro atoms. The van der Waals surface area contributed by atoms with Crippen LogP contribution >= 0.6 is 0 Å². The Bertz CT molecular complexity index is 1230. The minimum absolute atomic E-state index is 0.00686. The van der Waals surface area contributed by atoms with Gasteiger partial charge in [-0.1, -0.05) is 31.2 Å². The summed E-state index contributed by atoms with van der Waals surface area (Å²) in [6.07, 6.45) is 5.95. The fourth-order valence-corrected chi connectivity index (χ4v) is 5.17. The molecule has 0 atom stereocenters. The summed E-state index contributed by atoms with van der Waals surface area (Å²) in [5.41, 5.74) is 5.14. The van der Waals surface area contributed by atoms with E-state index in [9.17, 15) is 14.7 Å². The van der Waals surface area contributed by atoms with Crippen molar-refractivity contribution in [2.45, 2.75) is 39.0 Å². The third kappa shape index (κ3) is 7.58. The SMILES string of the molecule is CCCN(CCCO)C(=O)C1=Cc2ccc(-c3ccc(C(=O)N4CCCC4)cc3)cc2N=C(NCCN(C)C)C1. The van der Waals surface area contributed by atoms with Crippen LogP contribution in [0.1, 0.15) is 54.9 Å². The number of rotatable bonds is 11. The average Bonchev–Trinajstić information content (AvgIpc) is 3.43. The van der Waals surface area contributed by atoms with E-state index in [0.717, 1.165) is 79.2 Å². The standard InChI is InChI=1S/C32H43N5O3/c1-4-15-36(18-7-20-38)32(40)28-21-27-13-12-26(22-29(27)34-30(23-28)33-14-19-35(2)3)24-8-10-25(11-9-24)31(39)37-16-5-6-17-37/h8-13,21-22,38H,4-7,14-20,23H2,1-3H3,(H,33,34). The number of benzene rings is 2. The van der Waals surface area contributed by atoms with E-state index < -0.39 is 0 Å². The Kier molecular flexibility index (Phi) is 10.5. The van der Waals surface area contributed by atoms with Gasteiger partial charge in [-0.25, -0.2) is 4.99 Å². The molecule has 2 amide bonds. The molecule has 4 rings (SSSR count). The van der Waals surface area contributed by atoms with Crippen molar-refractivity contribution in [1.29, 1.82) is 0 Å². The predicted molar refractivity (Wildman–Crippen MR) is 162 cm³/mol. The number of hydrogen-bond donors (Lipinski definition) is 2. The van der Waals surface area contributed by atoms with E-state index in [-0.39, 0.29) is 18.4 Å². The van der Waals surface area contributed by atoms with Crippen LogP contribution < -0.4 is 5.32 Å². The Morgan fingerprint density at radius 2 is 1.73 bits per heavy atom. The quantitative estimate of drug-likeness (QED) is 0.442. The molecule has 2 aromatic rings. The molecule has 2 aliphatic heterocycles. The van der Waals surface area contributed by atoms with E-state index in [0.29, 0.717) is 31.5 Å². The zero-order valence-electron chi connectivity index (χ0n) is 24.2. The van der Waals surface area contributed by atoms with Crippen LogP contribution in [0.3, 0.4) is 0 Å². The maximum absolute atomic E-state index is 13.6. The monoisotopic (exact) mass is 545 g/mol. The Morgan fingerprint density at radius 3 is 2.40 bits per heavy atom. The second kappa shape index (κ2) is 14.2. The molecule has 0 bridgehead atoms. The summed E-state index contributed by atoms with van der Waals surface area (Å²) in [6, 6.07) is 13.9. The van der Waals surface area contributed by atoms with E-state index in [1.165, 1.54) is 0 Å². The Balaban J connectivity index is 1.62. The van der Waals surface area contributed by atoms with E-state index in [4.69, 9.17) is 4.99 Å². The lowest BCUT2D eigenvalue weighted by atomic mass is 9.99. The number of carbonyl (C=O) groups excluding carboxylic acids is 2. The minimum Gasteiger partial charge on any atom is -0.396 e. The second-order valence-electron chi connectivity index (χ2n) is 10.9. The molecular formula is C32H43N5O3. The molecule has 2 aliphatic rings. The van der Waals surface area contributed by atoms with Crippen LogP contribution in [0.4, 0.5) is 5.69 Å². The number of likely N-dealkylation sites (N-methyl/N-ethyl adjacent to an activating group) is 1. The number of aliphatic imine (C=N–C) groups is 1. The van der Waals surface area contributed by atoms with Gasteiger partial charge in [0.15, 0.2) is 0 Å². The molecule has 1 fully saturated rings. The summed E-state index contributed by atoms with van der Waals surface area (Å²) < 4.78 is 0. The number of likely N-dealkylation sites (tertiary alicyclic amines) is 1. The van der Waals surface area contributed by atoms with Crippen LogP contribution in [0.5, 0.6) is 0 Å². The van der Waals surface area contributed by atoms with Crippen LogP contribution in [-0.2, 0) is 4.79 Å². The predicted octanol–water partition coefficient (Wildman–Crippen LogP) is 4.18. The van der Waals surface area contributed by atoms with Gasteiger partial charge in [0.05, 0.1) is 5.69 Å².